The van der Waals surface area contributed by atoms with Crippen molar-refractivity contribution >= 4 is 17.3 Å². The summed E-state index contributed by atoms with van der Waals surface area (Å²) >= 11 is 0. The fourth-order valence-electron chi connectivity index (χ4n) is 2.91. The first kappa shape index (κ1) is 20.3. The molecule has 0 saturated heterocycles. The highest BCUT2D eigenvalue weighted by Gasteiger charge is 2.16. The van der Waals surface area contributed by atoms with Crippen molar-refractivity contribution in [2.75, 3.05) is 23.7 Å². The van der Waals surface area contributed by atoms with Gasteiger partial charge >= 0.3 is 5.97 Å². The lowest BCUT2D eigenvalue weighted by atomic mass is 10.1. The molecule has 2 aromatic carbocycles. The SMILES string of the molecule is CCCCNc1cc(C(=O)O)cc(NCCc2ccoc2)c1Oc1ccccc1. The van der Waals surface area contributed by atoms with E-state index >= 15 is 0 Å². The first-order valence-electron chi connectivity index (χ1n) is 9.80. The summed E-state index contributed by atoms with van der Waals surface area (Å²) in [7, 11) is 0. The van der Waals surface area contributed by atoms with Gasteiger partial charge in [-0.15, -0.1) is 0 Å². The molecule has 0 aliphatic rings. The van der Waals surface area contributed by atoms with Crippen molar-refractivity contribution in [2.45, 2.75) is 26.2 Å². The number of benzene rings is 2. The average molecular weight is 394 g/mol. The van der Waals surface area contributed by atoms with Crippen LogP contribution in [-0.2, 0) is 6.42 Å². The van der Waals surface area contributed by atoms with E-state index in [0.29, 0.717) is 29.4 Å². The Morgan fingerprint density at radius 2 is 1.79 bits per heavy atom. The highest BCUT2D eigenvalue weighted by Crippen LogP contribution is 2.38. The minimum atomic E-state index is -0.979. The van der Waals surface area contributed by atoms with E-state index in [2.05, 4.69) is 17.6 Å². The lowest BCUT2D eigenvalue weighted by Gasteiger charge is -2.19. The van der Waals surface area contributed by atoms with Crippen molar-refractivity contribution in [3.8, 4) is 11.5 Å². The number of hydrogen-bond acceptors (Lipinski definition) is 5. The van der Waals surface area contributed by atoms with Crippen molar-refractivity contribution < 1.29 is 19.1 Å². The van der Waals surface area contributed by atoms with Gasteiger partial charge in [-0.25, -0.2) is 4.79 Å². The number of aromatic carboxylic acids is 1. The zero-order valence-electron chi connectivity index (χ0n) is 16.5. The summed E-state index contributed by atoms with van der Waals surface area (Å²) < 4.78 is 11.3. The fourth-order valence-corrected chi connectivity index (χ4v) is 2.91. The maximum Gasteiger partial charge on any atom is 0.335 e. The molecule has 0 spiro atoms. The third kappa shape index (κ3) is 5.78. The maximum absolute atomic E-state index is 11.7. The Morgan fingerprint density at radius 3 is 2.41 bits per heavy atom. The molecule has 3 N–H and O–H groups in total. The molecule has 3 rings (SSSR count). The Kier molecular flexibility index (Phi) is 7.16. The van der Waals surface area contributed by atoms with E-state index in [-0.39, 0.29) is 5.56 Å². The molecule has 0 fully saturated rings. The van der Waals surface area contributed by atoms with Gasteiger partial charge in [0.25, 0.3) is 0 Å². The van der Waals surface area contributed by atoms with Crippen LogP contribution in [0.4, 0.5) is 11.4 Å². The monoisotopic (exact) mass is 394 g/mol. The van der Waals surface area contributed by atoms with Gasteiger partial charge < -0.3 is 24.9 Å². The zero-order valence-corrected chi connectivity index (χ0v) is 16.5. The number of carbonyl (C=O) groups is 1. The van der Waals surface area contributed by atoms with Crippen LogP contribution in [0.2, 0.25) is 0 Å². The molecule has 0 amide bonds. The molecule has 0 saturated carbocycles. The predicted octanol–water partition coefficient (Wildman–Crippen LogP) is 5.64. The topological polar surface area (TPSA) is 83.7 Å². The lowest BCUT2D eigenvalue weighted by molar-refractivity contribution is 0.0697. The Hall–Kier alpha value is -3.41. The smallest absolute Gasteiger partial charge is 0.335 e. The zero-order chi connectivity index (χ0) is 20.5. The number of nitrogens with one attached hydrogen (secondary N) is 2. The number of ether oxygens (including phenoxy) is 1. The molecule has 152 valence electrons. The first-order chi connectivity index (χ1) is 14.2. The number of unbranched alkanes of at least 4 members (excludes halogenated alkanes) is 1. The van der Waals surface area contributed by atoms with Crippen molar-refractivity contribution in [1.29, 1.82) is 0 Å². The molecule has 0 bridgehead atoms. The molecule has 0 unspecified atom stereocenters. The first-order valence-corrected chi connectivity index (χ1v) is 9.80. The number of hydrogen-bond donors (Lipinski definition) is 3. The molecule has 1 heterocycles. The molecule has 0 aliphatic heterocycles. The third-order valence-corrected chi connectivity index (χ3v) is 4.45. The predicted molar refractivity (Wildman–Crippen MR) is 114 cm³/mol. The van der Waals surface area contributed by atoms with E-state index in [1.807, 2.05) is 36.4 Å². The van der Waals surface area contributed by atoms with Gasteiger partial charge in [-0.1, -0.05) is 31.5 Å². The van der Waals surface area contributed by atoms with Gasteiger partial charge in [0.2, 0.25) is 0 Å². The van der Waals surface area contributed by atoms with Gasteiger partial charge in [0.15, 0.2) is 5.75 Å². The molecule has 6 heteroatoms. The van der Waals surface area contributed by atoms with Gasteiger partial charge in [-0.05, 0) is 48.7 Å². The van der Waals surface area contributed by atoms with Crippen LogP contribution >= 0.6 is 0 Å². The molecular weight excluding hydrogens is 368 g/mol. The van der Waals surface area contributed by atoms with Crippen molar-refractivity contribution in [3.05, 3.63) is 72.2 Å². The van der Waals surface area contributed by atoms with Crippen LogP contribution in [0, 0.1) is 0 Å². The number of anilines is 2. The number of rotatable bonds is 11. The molecule has 0 radical (unpaired) electrons. The molecule has 3 aromatic rings. The highest BCUT2D eigenvalue weighted by atomic mass is 16.5. The van der Waals surface area contributed by atoms with E-state index in [1.54, 1.807) is 24.7 Å². The van der Waals surface area contributed by atoms with Gasteiger partial charge in [-0.2, -0.15) is 0 Å². The minimum absolute atomic E-state index is 0.204. The van der Waals surface area contributed by atoms with Crippen LogP contribution in [0.3, 0.4) is 0 Å². The summed E-state index contributed by atoms with van der Waals surface area (Å²) in [5, 5.41) is 16.2. The van der Waals surface area contributed by atoms with E-state index in [1.165, 1.54) is 0 Å². The lowest BCUT2D eigenvalue weighted by Crippen LogP contribution is -2.10. The van der Waals surface area contributed by atoms with Crippen LogP contribution in [-0.4, -0.2) is 24.2 Å². The summed E-state index contributed by atoms with van der Waals surface area (Å²) in [6.45, 7) is 3.46. The van der Waals surface area contributed by atoms with Crippen LogP contribution in [0.5, 0.6) is 11.5 Å². The van der Waals surface area contributed by atoms with E-state index in [0.717, 1.165) is 31.4 Å². The summed E-state index contributed by atoms with van der Waals surface area (Å²) in [6, 6.07) is 14.6. The molecule has 1 aromatic heterocycles. The standard InChI is InChI=1S/C23H26N2O4/c1-2-3-11-24-20-14-18(23(26)27)15-21(25-12-9-17-10-13-28-16-17)22(20)29-19-7-5-4-6-8-19/h4-8,10,13-16,24-25H,2-3,9,11-12H2,1H3,(H,26,27). The average Bonchev–Trinajstić information content (AvgIpc) is 3.24. The second-order valence-electron chi connectivity index (χ2n) is 6.71. The maximum atomic E-state index is 11.7. The molecule has 29 heavy (non-hydrogen) atoms. The Balaban J connectivity index is 1.90. The number of carboxylic acid groups (broad SMARTS) is 1. The van der Waals surface area contributed by atoms with Crippen molar-refractivity contribution in [3.63, 3.8) is 0 Å². The number of para-hydroxylation sites is 1. The van der Waals surface area contributed by atoms with E-state index < -0.39 is 5.97 Å². The molecular formula is C23H26N2O4. The summed E-state index contributed by atoms with van der Waals surface area (Å²) in [6.07, 6.45) is 6.10. The highest BCUT2D eigenvalue weighted by molar-refractivity contribution is 5.92. The van der Waals surface area contributed by atoms with Crippen molar-refractivity contribution in [2.24, 2.45) is 0 Å². The Labute approximate surface area is 170 Å². The Bertz CT molecular complexity index is 908. The largest absolute Gasteiger partial charge is 0.478 e. The number of carboxylic acids is 1. The summed E-state index contributed by atoms with van der Waals surface area (Å²) in [5.41, 5.74) is 2.57. The van der Waals surface area contributed by atoms with Gasteiger partial charge in [0, 0.05) is 13.1 Å². The molecule has 6 nitrogen and oxygen atoms in total. The fraction of sp³-hybridized carbons (Fsp3) is 0.261. The van der Waals surface area contributed by atoms with Gasteiger partial charge in [-0.3, -0.25) is 0 Å². The van der Waals surface area contributed by atoms with Gasteiger partial charge in [0.05, 0.1) is 29.5 Å². The molecule has 0 aliphatic carbocycles. The third-order valence-electron chi connectivity index (χ3n) is 4.45. The Morgan fingerprint density at radius 1 is 1.07 bits per heavy atom. The van der Waals surface area contributed by atoms with E-state index in [9.17, 15) is 9.90 Å². The second kappa shape index (κ2) is 10.2. The van der Waals surface area contributed by atoms with Gasteiger partial charge in [0.1, 0.15) is 5.75 Å². The van der Waals surface area contributed by atoms with Crippen LogP contribution in [0.1, 0.15) is 35.7 Å². The summed E-state index contributed by atoms with van der Waals surface area (Å²) in [5.74, 6) is 0.296. The van der Waals surface area contributed by atoms with Crippen LogP contribution in [0.25, 0.3) is 0 Å². The van der Waals surface area contributed by atoms with Crippen molar-refractivity contribution in [1.82, 2.24) is 0 Å². The second-order valence-corrected chi connectivity index (χ2v) is 6.71. The normalized spacial score (nSPS) is 10.5. The van der Waals surface area contributed by atoms with E-state index in [4.69, 9.17) is 9.15 Å². The minimum Gasteiger partial charge on any atom is -0.478 e. The molecule has 0 atom stereocenters. The van der Waals surface area contributed by atoms with Crippen LogP contribution < -0.4 is 15.4 Å². The van der Waals surface area contributed by atoms with Crippen LogP contribution in [0.15, 0.2) is 65.5 Å². The quantitative estimate of drug-likeness (QED) is 0.365. The number of furan rings is 1. The summed E-state index contributed by atoms with van der Waals surface area (Å²) in [4.78, 5) is 11.7.